The van der Waals surface area contributed by atoms with E-state index in [-0.39, 0.29) is 0 Å². The molecule has 0 amide bonds. The molecule has 0 radical (unpaired) electrons. The maximum atomic E-state index is 12.6. The van der Waals surface area contributed by atoms with Gasteiger partial charge in [-0.15, -0.1) is 0 Å². The van der Waals surface area contributed by atoms with Crippen LogP contribution in [0.25, 0.3) is 0 Å². The minimum absolute atomic E-state index is 0.292. The Kier molecular flexibility index (Phi) is 3.93. The van der Waals surface area contributed by atoms with Crippen molar-refractivity contribution in [3.05, 3.63) is 34.9 Å². The van der Waals surface area contributed by atoms with Crippen LogP contribution in [0.1, 0.15) is 61.0 Å². The molecule has 1 heterocycles. The van der Waals surface area contributed by atoms with E-state index < -0.39 is 0 Å². The first-order chi connectivity index (χ1) is 9.65. The fourth-order valence-electron chi connectivity index (χ4n) is 3.79. The lowest BCUT2D eigenvalue weighted by atomic mass is 9.96. The van der Waals surface area contributed by atoms with E-state index in [9.17, 15) is 4.79 Å². The molecule has 0 N–H and O–H groups in total. The van der Waals surface area contributed by atoms with Gasteiger partial charge in [0, 0.05) is 17.6 Å². The second kappa shape index (κ2) is 5.69. The lowest BCUT2D eigenvalue weighted by molar-refractivity contribution is 0.0734. The number of piperidine rings is 1. The van der Waals surface area contributed by atoms with E-state index in [0.717, 1.165) is 12.0 Å². The zero-order valence-corrected chi connectivity index (χ0v) is 12.7. The van der Waals surface area contributed by atoms with E-state index in [0.29, 0.717) is 24.4 Å². The summed E-state index contributed by atoms with van der Waals surface area (Å²) in [7, 11) is 0. The molecule has 2 aliphatic rings. The predicted octanol–water partition coefficient (Wildman–Crippen LogP) is 3.62. The van der Waals surface area contributed by atoms with Crippen molar-refractivity contribution in [3.8, 4) is 0 Å². The molecule has 0 saturated carbocycles. The number of aryl methyl sites for hydroxylation is 2. The SMILES string of the molecule is CC1CCCC(C)N1CC(=O)c1ccc2c(c1)CCC2. The van der Waals surface area contributed by atoms with Gasteiger partial charge in [-0.05, 0) is 63.1 Å². The average molecular weight is 271 g/mol. The molecule has 0 bridgehead atoms. The van der Waals surface area contributed by atoms with Crippen LogP contribution in [0.15, 0.2) is 18.2 Å². The first kappa shape index (κ1) is 13.8. The number of fused-ring (bicyclic) bond motifs is 1. The van der Waals surface area contributed by atoms with Crippen molar-refractivity contribution in [3.63, 3.8) is 0 Å². The molecule has 1 saturated heterocycles. The highest BCUT2D eigenvalue weighted by Gasteiger charge is 2.27. The Morgan fingerprint density at radius 3 is 2.55 bits per heavy atom. The molecule has 1 fully saturated rings. The number of carbonyl (C=O) groups excluding carboxylic acids is 1. The summed E-state index contributed by atoms with van der Waals surface area (Å²) in [6.07, 6.45) is 7.32. The zero-order valence-electron chi connectivity index (χ0n) is 12.7. The van der Waals surface area contributed by atoms with Gasteiger partial charge in [0.05, 0.1) is 6.54 Å². The highest BCUT2D eigenvalue weighted by Crippen LogP contribution is 2.25. The molecule has 2 nitrogen and oxygen atoms in total. The minimum atomic E-state index is 0.292. The van der Waals surface area contributed by atoms with Gasteiger partial charge in [-0.2, -0.15) is 0 Å². The summed E-state index contributed by atoms with van der Waals surface area (Å²) < 4.78 is 0. The van der Waals surface area contributed by atoms with Crippen LogP contribution in [0, 0.1) is 0 Å². The van der Waals surface area contributed by atoms with Crippen LogP contribution in [0.4, 0.5) is 0 Å². The van der Waals surface area contributed by atoms with Gasteiger partial charge in [0.1, 0.15) is 0 Å². The maximum Gasteiger partial charge on any atom is 0.176 e. The van der Waals surface area contributed by atoms with Crippen LogP contribution in [-0.4, -0.2) is 29.3 Å². The molecule has 0 spiro atoms. The normalized spacial score (nSPS) is 26.5. The average Bonchev–Trinajstić information content (AvgIpc) is 2.90. The standard InChI is InChI=1S/C18H25NO/c1-13-5-3-6-14(2)19(13)12-18(20)17-10-9-15-7-4-8-16(15)11-17/h9-11,13-14H,3-8,12H2,1-2H3. The van der Waals surface area contributed by atoms with E-state index in [1.54, 1.807) is 0 Å². The monoisotopic (exact) mass is 271 g/mol. The topological polar surface area (TPSA) is 20.3 Å². The largest absolute Gasteiger partial charge is 0.293 e. The van der Waals surface area contributed by atoms with E-state index in [4.69, 9.17) is 0 Å². The number of benzene rings is 1. The number of hydrogen-bond donors (Lipinski definition) is 0. The number of Topliss-reactive ketones (excluding diaryl/α,β-unsaturated/α-hetero) is 1. The fraction of sp³-hybridized carbons (Fsp3) is 0.611. The molecule has 2 unspecified atom stereocenters. The van der Waals surface area contributed by atoms with Crippen LogP contribution in [-0.2, 0) is 12.8 Å². The second-order valence-electron chi connectivity index (χ2n) is 6.56. The fourth-order valence-corrected chi connectivity index (χ4v) is 3.79. The van der Waals surface area contributed by atoms with Crippen LogP contribution in [0.2, 0.25) is 0 Å². The van der Waals surface area contributed by atoms with Crippen LogP contribution in [0.5, 0.6) is 0 Å². The molecule has 1 aromatic rings. The predicted molar refractivity (Wildman–Crippen MR) is 82.3 cm³/mol. The summed E-state index contributed by atoms with van der Waals surface area (Å²) in [4.78, 5) is 15.0. The number of hydrogen-bond acceptors (Lipinski definition) is 2. The molecule has 1 aliphatic heterocycles. The summed E-state index contributed by atoms with van der Waals surface area (Å²) in [6, 6.07) is 7.42. The third-order valence-electron chi connectivity index (χ3n) is 5.12. The van der Waals surface area contributed by atoms with Gasteiger partial charge in [-0.1, -0.05) is 18.6 Å². The minimum Gasteiger partial charge on any atom is -0.293 e. The number of likely N-dealkylation sites (tertiary alicyclic amines) is 1. The quantitative estimate of drug-likeness (QED) is 0.783. The highest BCUT2D eigenvalue weighted by atomic mass is 16.1. The van der Waals surface area contributed by atoms with Crippen LogP contribution >= 0.6 is 0 Å². The van der Waals surface area contributed by atoms with Crippen molar-refractivity contribution in [1.29, 1.82) is 0 Å². The lowest BCUT2D eigenvalue weighted by Crippen LogP contribution is -2.46. The summed E-state index contributed by atoms with van der Waals surface area (Å²) in [5.41, 5.74) is 3.76. The Balaban J connectivity index is 1.72. The Morgan fingerprint density at radius 1 is 1.10 bits per heavy atom. The summed E-state index contributed by atoms with van der Waals surface area (Å²) in [6.45, 7) is 5.10. The Morgan fingerprint density at radius 2 is 1.80 bits per heavy atom. The number of rotatable bonds is 3. The van der Waals surface area contributed by atoms with Gasteiger partial charge in [0.15, 0.2) is 5.78 Å². The van der Waals surface area contributed by atoms with Crippen molar-refractivity contribution in [1.82, 2.24) is 4.90 Å². The molecular formula is C18H25NO. The Bertz CT molecular complexity index is 498. The molecular weight excluding hydrogens is 246 g/mol. The van der Waals surface area contributed by atoms with E-state index in [1.807, 2.05) is 6.07 Å². The number of carbonyl (C=O) groups is 1. The first-order valence-corrected chi connectivity index (χ1v) is 8.06. The summed E-state index contributed by atoms with van der Waals surface area (Å²) in [5, 5.41) is 0. The zero-order chi connectivity index (χ0) is 14.1. The van der Waals surface area contributed by atoms with Gasteiger partial charge < -0.3 is 0 Å². The van der Waals surface area contributed by atoms with Crippen molar-refractivity contribution in [2.45, 2.75) is 64.5 Å². The van der Waals surface area contributed by atoms with Crippen molar-refractivity contribution in [2.24, 2.45) is 0 Å². The van der Waals surface area contributed by atoms with E-state index in [2.05, 4.69) is 30.9 Å². The molecule has 3 rings (SSSR count). The van der Waals surface area contributed by atoms with Gasteiger partial charge in [0.25, 0.3) is 0 Å². The molecule has 0 aromatic heterocycles. The maximum absolute atomic E-state index is 12.6. The molecule has 1 aliphatic carbocycles. The third-order valence-corrected chi connectivity index (χ3v) is 5.12. The van der Waals surface area contributed by atoms with Crippen molar-refractivity contribution in [2.75, 3.05) is 6.54 Å². The number of nitrogens with zero attached hydrogens (tertiary/aromatic N) is 1. The molecule has 1 aromatic carbocycles. The lowest BCUT2D eigenvalue weighted by Gasteiger charge is -2.38. The van der Waals surface area contributed by atoms with Crippen molar-refractivity contribution >= 4 is 5.78 Å². The molecule has 2 heteroatoms. The van der Waals surface area contributed by atoms with Crippen LogP contribution in [0.3, 0.4) is 0 Å². The van der Waals surface area contributed by atoms with E-state index >= 15 is 0 Å². The second-order valence-corrected chi connectivity index (χ2v) is 6.56. The molecule has 20 heavy (non-hydrogen) atoms. The van der Waals surface area contributed by atoms with Crippen LogP contribution < -0.4 is 0 Å². The smallest absolute Gasteiger partial charge is 0.176 e. The van der Waals surface area contributed by atoms with Gasteiger partial charge in [0.2, 0.25) is 0 Å². The van der Waals surface area contributed by atoms with E-state index in [1.165, 1.54) is 43.2 Å². The highest BCUT2D eigenvalue weighted by molar-refractivity contribution is 5.98. The summed E-state index contributed by atoms with van der Waals surface area (Å²) >= 11 is 0. The Hall–Kier alpha value is -1.15. The number of ketones is 1. The molecule has 2 atom stereocenters. The first-order valence-electron chi connectivity index (χ1n) is 8.06. The van der Waals surface area contributed by atoms with Gasteiger partial charge >= 0.3 is 0 Å². The van der Waals surface area contributed by atoms with Crippen molar-refractivity contribution < 1.29 is 4.79 Å². The summed E-state index contributed by atoms with van der Waals surface area (Å²) in [5.74, 6) is 0.292. The third kappa shape index (κ3) is 2.67. The van der Waals surface area contributed by atoms with Gasteiger partial charge in [-0.3, -0.25) is 9.69 Å². The molecule has 108 valence electrons. The van der Waals surface area contributed by atoms with Gasteiger partial charge in [-0.25, -0.2) is 0 Å². The Labute approximate surface area is 122 Å².